The summed E-state index contributed by atoms with van der Waals surface area (Å²) in [6.07, 6.45) is 2.94. The summed E-state index contributed by atoms with van der Waals surface area (Å²) < 4.78 is 11.4. The van der Waals surface area contributed by atoms with E-state index in [-0.39, 0.29) is 0 Å². The molecule has 0 amide bonds. The number of allylic oxidation sites excluding steroid dienone is 1. The summed E-state index contributed by atoms with van der Waals surface area (Å²) in [4.78, 5) is 0. The van der Waals surface area contributed by atoms with Crippen LogP contribution in [0.5, 0.6) is 11.5 Å². The monoisotopic (exact) mass is 238 g/mol. The minimum atomic E-state index is 0.504. The second-order valence-electron chi connectivity index (χ2n) is 4.20. The maximum Gasteiger partial charge on any atom is 0.168 e. The first-order chi connectivity index (χ1) is 8.92. The van der Waals surface area contributed by atoms with Crippen LogP contribution in [0.4, 0.5) is 0 Å². The van der Waals surface area contributed by atoms with E-state index in [1.807, 2.05) is 42.5 Å². The number of para-hydroxylation sites is 2. The number of hydrogen-bond donors (Lipinski definition) is 0. The van der Waals surface area contributed by atoms with Crippen LogP contribution in [0, 0.1) is 0 Å². The Bertz CT molecular complexity index is 558. The lowest BCUT2D eigenvalue weighted by Crippen LogP contribution is -2.13. The lowest BCUT2D eigenvalue weighted by Gasteiger charge is -2.20. The van der Waals surface area contributed by atoms with Crippen molar-refractivity contribution in [3.8, 4) is 11.5 Å². The first-order valence-corrected chi connectivity index (χ1v) is 6.04. The highest BCUT2D eigenvalue weighted by Crippen LogP contribution is 2.32. The largest absolute Gasteiger partial charge is 0.482 e. The molecule has 0 atom stereocenters. The van der Waals surface area contributed by atoms with E-state index in [9.17, 15) is 0 Å². The van der Waals surface area contributed by atoms with Crippen LogP contribution in [-0.4, -0.2) is 6.61 Å². The molecule has 1 heterocycles. The Kier molecular flexibility index (Phi) is 3.01. The van der Waals surface area contributed by atoms with Crippen LogP contribution < -0.4 is 9.47 Å². The lowest BCUT2D eigenvalue weighted by molar-refractivity contribution is 0.231. The molecule has 0 N–H and O–H groups in total. The third-order valence-corrected chi connectivity index (χ3v) is 2.87. The van der Waals surface area contributed by atoms with E-state index in [1.54, 1.807) is 0 Å². The van der Waals surface area contributed by atoms with Crippen LogP contribution in [0.3, 0.4) is 0 Å². The van der Waals surface area contributed by atoms with Crippen LogP contribution in [-0.2, 0) is 6.42 Å². The number of hydrogen-bond acceptors (Lipinski definition) is 2. The Labute approximate surface area is 106 Å². The normalized spacial score (nSPS) is 15.7. The number of fused-ring (bicyclic) bond motifs is 1. The standard InChI is InChI=1S/C16H14O2/c1-2-6-13(7-3-1)10-11-14-12-17-15-8-4-5-9-16(15)18-14/h1-9,11H,10,12H2/b14-11+. The van der Waals surface area contributed by atoms with Gasteiger partial charge in [-0.1, -0.05) is 42.5 Å². The van der Waals surface area contributed by atoms with Crippen molar-refractivity contribution in [1.82, 2.24) is 0 Å². The average Bonchev–Trinajstić information content (AvgIpc) is 2.46. The minimum Gasteiger partial charge on any atom is -0.482 e. The van der Waals surface area contributed by atoms with E-state index in [0.717, 1.165) is 23.7 Å². The van der Waals surface area contributed by atoms with E-state index >= 15 is 0 Å². The zero-order chi connectivity index (χ0) is 12.2. The molecule has 1 aliphatic rings. The highest BCUT2D eigenvalue weighted by Gasteiger charge is 2.14. The molecule has 90 valence electrons. The van der Waals surface area contributed by atoms with Gasteiger partial charge in [-0.25, -0.2) is 0 Å². The van der Waals surface area contributed by atoms with Crippen molar-refractivity contribution >= 4 is 0 Å². The van der Waals surface area contributed by atoms with E-state index in [0.29, 0.717) is 6.61 Å². The molecule has 18 heavy (non-hydrogen) atoms. The van der Waals surface area contributed by atoms with Crippen molar-refractivity contribution in [2.45, 2.75) is 6.42 Å². The van der Waals surface area contributed by atoms with Gasteiger partial charge in [0.05, 0.1) is 0 Å². The highest BCUT2D eigenvalue weighted by molar-refractivity contribution is 5.42. The van der Waals surface area contributed by atoms with Gasteiger partial charge in [-0.05, 0) is 30.2 Å². The predicted octanol–water partition coefficient (Wildman–Crippen LogP) is 3.58. The van der Waals surface area contributed by atoms with E-state index < -0.39 is 0 Å². The second kappa shape index (κ2) is 4.96. The van der Waals surface area contributed by atoms with Gasteiger partial charge >= 0.3 is 0 Å². The van der Waals surface area contributed by atoms with E-state index in [2.05, 4.69) is 18.2 Å². The Morgan fingerprint density at radius 3 is 2.44 bits per heavy atom. The lowest BCUT2D eigenvalue weighted by atomic mass is 10.1. The van der Waals surface area contributed by atoms with Crippen molar-refractivity contribution in [3.63, 3.8) is 0 Å². The van der Waals surface area contributed by atoms with Gasteiger partial charge in [0.25, 0.3) is 0 Å². The molecule has 0 bridgehead atoms. The highest BCUT2D eigenvalue weighted by atomic mass is 16.6. The summed E-state index contributed by atoms with van der Waals surface area (Å²) in [5.74, 6) is 2.48. The van der Waals surface area contributed by atoms with Crippen molar-refractivity contribution < 1.29 is 9.47 Å². The molecule has 0 radical (unpaired) electrons. The zero-order valence-corrected chi connectivity index (χ0v) is 10.0. The Balaban J connectivity index is 1.72. The van der Waals surface area contributed by atoms with Gasteiger partial charge in [0.15, 0.2) is 11.5 Å². The van der Waals surface area contributed by atoms with Crippen LogP contribution in [0.15, 0.2) is 66.4 Å². The fourth-order valence-corrected chi connectivity index (χ4v) is 1.92. The smallest absolute Gasteiger partial charge is 0.168 e. The molecule has 0 saturated heterocycles. The molecule has 0 spiro atoms. The topological polar surface area (TPSA) is 18.5 Å². The summed E-state index contributed by atoms with van der Waals surface area (Å²) in [7, 11) is 0. The zero-order valence-electron chi connectivity index (χ0n) is 10.0. The fraction of sp³-hybridized carbons (Fsp3) is 0.125. The fourth-order valence-electron chi connectivity index (χ4n) is 1.92. The minimum absolute atomic E-state index is 0.504. The molecule has 3 rings (SSSR count). The molecule has 1 aliphatic heterocycles. The molecule has 0 aliphatic carbocycles. The van der Waals surface area contributed by atoms with Gasteiger partial charge in [-0.2, -0.15) is 0 Å². The molecule has 2 aromatic carbocycles. The van der Waals surface area contributed by atoms with Crippen molar-refractivity contribution in [3.05, 3.63) is 72.0 Å². The Morgan fingerprint density at radius 1 is 0.889 bits per heavy atom. The summed E-state index contributed by atoms with van der Waals surface area (Å²) in [5, 5.41) is 0. The average molecular weight is 238 g/mol. The third kappa shape index (κ3) is 2.38. The second-order valence-corrected chi connectivity index (χ2v) is 4.20. The maximum absolute atomic E-state index is 5.79. The third-order valence-electron chi connectivity index (χ3n) is 2.87. The van der Waals surface area contributed by atoms with Crippen LogP contribution in [0.2, 0.25) is 0 Å². The molecule has 0 fully saturated rings. The summed E-state index contributed by atoms with van der Waals surface area (Å²) in [6, 6.07) is 18.1. The predicted molar refractivity (Wildman–Crippen MR) is 70.8 cm³/mol. The van der Waals surface area contributed by atoms with Crippen LogP contribution >= 0.6 is 0 Å². The summed E-state index contributed by atoms with van der Waals surface area (Å²) >= 11 is 0. The molecule has 0 saturated carbocycles. The SMILES string of the molecule is C(/Cc1ccccc1)=C1/COc2ccccc2O1. The first-order valence-electron chi connectivity index (χ1n) is 6.04. The van der Waals surface area contributed by atoms with E-state index in [1.165, 1.54) is 5.56 Å². The quantitative estimate of drug-likeness (QED) is 0.796. The van der Waals surface area contributed by atoms with Gasteiger partial charge in [0.1, 0.15) is 12.4 Å². The van der Waals surface area contributed by atoms with Crippen molar-refractivity contribution in [2.24, 2.45) is 0 Å². The van der Waals surface area contributed by atoms with Crippen molar-refractivity contribution in [1.29, 1.82) is 0 Å². The van der Waals surface area contributed by atoms with Crippen LogP contribution in [0.1, 0.15) is 5.56 Å². The molecule has 0 unspecified atom stereocenters. The van der Waals surface area contributed by atoms with Crippen LogP contribution in [0.25, 0.3) is 0 Å². The van der Waals surface area contributed by atoms with Gasteiger partial charge in [-0.3, -0.25) is 0 Å². The molecule has 2 nitrogen and oxygen atoms in total. The maximum atomic E-state index is 5.79. The Hall–Kier alpha value is -2.22. The van der Waals surface area contributed by atoms with Gasteiger partial charge in [-0.15, -0.1) is 0 Å². The van der Waals surface area contributed by atoms with Crippen molar-refractivity contribution in [2.75, 3.05) is 6.61 Å². The van der Waals surface area contributed by atoms with Gasteiger partial charge in [0.2, 0.25) is 0 Å². The molecule has 2 aromatic rings. The summed E-state index contributed by atoms with van der Waals surface area (Å²) in [6.45, 7) is 0.504. The van der Waals surface area contributed by atoms with E-state index in [4.69, 9.17) is 9.47 Å². The number of ether oxygens (including phenoxy) is 2. The van der Waals surface area contributed by atoms with Gasteiger partial charge < -0.3 is 9.47 Å². The number of benzene rings is 2. The molecule has 0 aromatic heterocycles. The Morgan fingerprint density at radius 2 is 1.61 bits per heavy atom. The number of rotatable bonds is 2. The van der Waals surface area contributed by atoms with Gasteiger partial charge in [0, 0.05) is 0 Å². The molecule has 2 heteroatoms. The molecular formula is C16H14O2. The first kappa shape index (κ1) is 10.9. The molecular weight excluding hydrogens is 224 g/mol. The summed E-state index contributed by atoms with van der Waals surface area (Å²) in [5.41, 5.74) is 1.27.